The molecule has 12 atom stereocenters. The van der Waals surface area contributed by atoms with Crippen molar-refractivity contribution in [1.29, 1.82) is 0 Å². The molecule has 6 unspecified atom stereocenters. The van der Waals surface area contributed by atoms with Crippen molar-refractivity contribution in [2.75, 3.05) is 26.2 Å². The standard InChI is InChI=1S/C27H26N2O5.C20H32N2O3.C12H16N2O3.CO2/c30-16-34-24-12-11-18-10-9-17-13-14-28(25(17)26(31)29(18)24)27(32)33-15-23-21-7-3-1-5-19(21)20-6-2-4-8-22(20)23;1-19(2,3)15-10-9-14-8-7-13-11-12-21(16(13)17(23)22(14)15)18(24)25-20(4,5)6;15-7-17-10-4-3-9-2-1-8-5-6-13-11(8)12(16)14(9)10;2-1-3/h1-10,16-18,23-25H,11-15H2;7-8,13-16H,9-12H2,1-6H3;1-2,7-11,13H,3-6H2;/t17-,18?,24+,25?;13-,14?,15-,16?;8-,9?,10+,11?;/m000./s1. The number of nitrogens with zero attached hydrogens (tertiary/aromatic N) is 5. The van der Waals surface area contributed by atoms with E-state index in [0.717, 1.165) is 62.6 Å². The molecule has 0 radical (unpaired) electrons. The normalized spacial score (nSPS) is 30.6. The van der Waals surface area contributed by atoms with Crippen molar-refractivity contribution in [1.82, 2.24) is 29.8 Å². The number of hydrogen-bond donors (Lipinski definition) is 1. The van der Waals surface area contributed by atoms with E-state index in [0.29, 0.717) is 44.8 Å². The molecule has 19 heteroatoms. The lowest BCUT2D eigenvalue weighted by Crippen LogP contribution is -2.55. The Bertz CT molecular complexity index is 2710. The van der Waals surface area contributed by atoms with Crippen molar-refractivity contribution in [3.05, 3.63) is 96.1 Å². The van der Waals surface area contributed by atoms with E-state index < -0.39 is 30.0 Å². The van der Waals surface area contributed by atoms with Gasteiger partial charge < -0.3 is 29.2 Å². The summed E-state index contributed by atoms with van der Waals surface area (Å²) in [5.41, 5.74) is 4.13. The van der Waals surface area contributed by atoms with Crippen LogP contribution in [0.25, 0.3) is 11.1 Å². The monoisotopic (exact) mass is 1090 g/mol. The predicted molar refractivity (Wildman–Crippen MR) is 286 cm³/mol. The Hall–Kier alpha value is -7.11. The van der Waals surface area contributed by atoms with Gasteiger partial charge in [0.25, 0.3) is 12.9 Å². The molecule has 422 valence electrons. The Morgan fingerprint density at radius 3 is 1.58 bits per heavy atom. The van der Waals surface area contributed by atoms with E-state index in [2.05, 4.69) is 79.6 Å². The molecular formula is C60H74N6O13. The number of benzene rings is 2. The van der Waals surface area contributed by atoms with Crippen LogP contribution in [0.5, 0.6) is 0 Å². The van der Waals surface area contributed by atoms with E-state index in [1.807, 2.05) is 57.2 Å². The summed E-state index contributed by atoms with van der Waals surface area (Å²) < 4.78 is 21.6. The maximum absolute atomic E-state index is 13.5. The molecule has 0 bridgehead atoms. The Morgan fingerprint density at radius 2 is 1.06 bits per heavy atom. The van der Waals surface area contributed by atoms with Crippen LogP contribution >= 0.6 is 0 Å². The van der Waals surface area contributed by atoms with Crippen molar-refractivity contribution in [3.8, 4) is 11.1 Å². The average Bonchev–Trinajstić information content (AvgIpc) is 4.51. The summed E-state index contributed by atoms with van der Waals surface area (Å²) in [5, 5.41) is 3.24. The van der Waals surface area contributed by atoms with E-state index >= 15 is 0 Å². The molecule has 9 heterocycles. The summed E-state index contributed by atoms with van der Waals surface area (Å²) in [5.74, 6) is 0.308. The van der Waals surface area contributed by atoms with Gasteiger partial charge in [0.05, 0.1) is 24.2 Å². The second kappa shape index (κ2) is 23.7. The van der Waals surface area contributed by atoms with Crippen LogP contribution in [0, 0.1) is 23.2 Å². The number of ether oxygens (including phenoxy) is 4. The Kier molecular flexibility index (Phi) is 17.0. The number of fused-ring (bicyclic) bond motifs is 9. The fourth-order valence-corrected chi connectivity index (χ4v) is 13.7. The van der Waals surface area contributed by atoms with Crippen molar-refractivity contribution in [2.24, 2.45) is 23.2 Å². The first-order chi connectivity index (χ1) is 37.9. The largest absolute Gasteiger partial charge is 0.448 e. The van der Waals surface area contributed by atoms with Gasteiger partial charge in [-0.15, -0.1) is 0 Å². The Balaban J connectivity index is 0.000000148. The third kappa shape index (κ3) is 11.5. The molecule has 79 heavy (non-hydrogen) atoms. The van der Waals surface area contributed by atoms with Gasteiger partial charge in [-0.25, -0.2) is 9.59 Å². The summed E-state index contributed by atoms with van der Waals surface area (Å²) in [4.78, 5) is 112. The topological polar surface area (TPSA) is 219 Å². The highest BCUT2D eigenvalue weighted by atomic mass is 16.6. The van der Waals surface area contributed by atoms with Gasteiger partial charge >= 0.3 is 18.3 Å². The lowest BCUT2D eigenvalue weighted by atomic mass is 9.84. The number of rotatable bonds is 6. The molecule has 2 aromatic carbocycles. The highest BCUT2D eigenvalue weighted by molar-refractivity contribution is 5.90. The van der Waals surface area contributed by atoms with Gasteiger partial charge in [0.2, 0.25) is 17.7 Å². The molecule has 0 aromatic heterocycles. The molecule has 6 fully saturated rings. The highest BCUT2D eigenvalue weighted by Gasteiger charge is 2.53. The summed E-state index contributed by atoms with van der Waals surface area (Å²) in [7, 11) is 0. The van der Waals surface area contributed by atoms with Gasteiger partial charge in [-0.05, 0) is 99.9 Å². The molecule has 2 aromatic rings. The molecule has 0 spiro atoms. The number of likely N-dealkylation sites (tertiary alicyclic amines) is 2. The summed E-state index contributed by atoms with van der Waals surface area (Å²) in [6.07, 6.45) is 18.7. The second-order valence-corrected chi connectivity index (χ2v) is 24.0. The average molecular weight is 1090 g/mol. The summed E-state index contributed by atoms with van der Waals surface area (Å²) >= 11 is 0. The first kappa shape index (κ1) is 56.6. The summed E-state index contributed by atoms with van der Waals surface area (Å²) in [6.45, 7) is 15.1. The third-order valence-corrected chi connectivity index (χ3v) is 17.2. The zero-order valence-corrected chi connectivity index (χ0v) is 46.0. The van der Waals surface area contributed by atoms with E-state index in [-0.39, 0.29) is 96.2 Å². The van der Waals surface area contributed by atoms with Crippen LogP contribution in [0.15, 0.2) is 85.0 Å². The van der Waals surface area contributed by atoms with Gasteiger partial charge in [-0.3, -0.25) is 43.6 Å². The number of carbonyl (C=O) groups is 7. The van der Waals surface area contributed by atoms with E-state index in [1.54, 1.807) is 19.6 Å². The maximum Gasteiger partial charge on any atom is 0.410 e. The van der Waals surface area contributed by atoms with Crippen molar-refractivity contribution >= 4 is 49.0 Å². The van der Waals surface area contributed by atoms with Crippen LogP contribution < -0.4 is 5.32 Å². The van der Waals surface area contributed by atoms with Gasteiger partial charge in [0.15, 0.2) is 12.5 Å². The van der Waals surface area contributed by atoms with Crippen molar-refractivity contribution < 1.29 is 62.1 Å². The van der Waals surface area contributed by atoms with Crippen LogP contribution in [-0.2, 0) is 52.5 Å². The van der Waals surface area contributed by atoms with Crippen molar-refractivity contribution in [3.63, 3.8) is 0 Å². The van der Waals surface area contributed by atoms with Gasteiger partial charge in [0.1, 0.15) is 24.3 Å². The van der Waals surface area contributed by atoms with Crippen LogP contribution in [0.4, 0.5) is 9.59 Å². The third-order valence-electron chi connectivity index (χ3n) is 17.2. The molecule has 19 nitrogen and oxygen atoms in total. The molecule has 10 aliphatic rings. The zero-order chi connectivity index (χ0) is 56.3. The van der Waals surface area contributed by atoms with Gasteiger partial charge in [0, 0.05) is 55.6 Å². The molecule has 6 saturated heterocycles. The number of hydrogen-bond acceptors (Lipinski definition) is 14. The number of amides is 5. The minimum atomic E-state index is -0.632. The molecule has 1 N–H and O–H groups in total. The van der Waals surface area contributed by atoms with E-state index in [1.165, 1.54) is 11.1 Å². The number of carbonyl (C=O) groups excluding carboxylic acids is 9. The first-order valence-electron chi connectivity index (χ1n) is 27.9. The zero-order valence-electron chi connectivity index (χ0n) is 46.0. The molecule has 1 aliphatic carbocycles. The Morgan fingerprint density at radius 1 is 0.595 bits per heavy atom. The molecule has 5 amide bonds. The Labute approximate surface area is 461 Å². The van der Waals surface area contributed by atoms with Gasteiger partial charge in [-0.1, -0.05) is 106 Å². The molecule has 0 saturated carbocycles. The minimum Gasteiger partial charge on any atom is -0.448 e. The second-order valence-electron chi connectivity index (χ2n) is 24.0. The van der Waals surface area contributed by atoms with Gasteiger partial charge in [-0.2, -0.15) is 9.59 Å². The first-order valence-corrected chi connectivity index (χ1v) is 27.9. The van der Waals surface area contributed by atoms with Crippen LogP contribution in [0.3, 0.4) is 0 Å². The SMILES string of the molecule is CC(C)(C)OC(=O)N1CC[C@@H]2C=CC3CC[C@@H](C(C)(C)C)N3C(=O)C21.O=C=O.O=CO[C@@H]1CCC2C=C[C@H]3CCN(C(=O)OCC4c5ccccc5-c5ccccc54)C3C(=O)N21.O=CO[C@@H]1CCC2C=C[C@H]3CCNC3C(=O)N21. The molecular weight excluding hydrogens is 1010 g/mol. The van der Waals surface area contributed by atoms with E-state index in [4.69, 9.17) is 28.5 Å². The minimum absolute atomic E-state index is 0.0344. The molecule has 12 rings (SSSR count). The van der Waals surface area contributed by atoms with Crippen LogP contribution in [0.2, 0.25) is 0 Å². The van der Waals surface area contributed by atoms with Crippen LogP contribution in [0.1, 0.15) is 116 Å². The fourth-order valence-electron chi connectivity index (χ4n) is 13.7. The van der Waals surface area contributed by atoms with E-state index in [9.17, 15) is 33.6 Å². The lowest BCUT2D eigenvalue weighted by Gasteiger charge is -2.39. The highest BCUT2D eigenvalue weighted by Crippen LogP contribution is 2.46. The lowest BCUT2D eigenvalue weighted by molar-refractivity contribution is -0.192. The summed E-state index contributed by atoms with van der Waals surface area (Å²) in [6, 6.07) is 15.6. The van der Waals surface area contributed by atoms with Crippen molar-refractivity contribution in [2.45, 2.75) is 166 Å². The molecule has 9 aliphatic heterocycles. The predicted octanol–water partition coefficient (Wildman–Crippen LogP) is 6.71. The quantitative estimate of drug-likeness (QED) is 0.181. The fraction of sp³-hybridized carbons (Fsp3) is 0.567. The maximum atomic E-state index is 13.5. The smallest absolute Gasteiger partial charge is 0.410 e. The number of nitrogens with one attached hydrogen (secondary N) is 1. The van der Waals surface area contributed by atoms with Crippen LogP contribution in [-0.4, -0.2) is 160 Å².